The first-order chi connectivity index (χ1) is 20.1. The fourth-order valence-corrected chi connectivity index (χ4v) is 4.37. The average Bonchev–Trinajstić information content (AvgIpc) is 3.69. The Morgan fingerprint density at radius 2 is 0.833 bits per heavy atom. The molecule has 0 aliphatic carbocycles. The Kier molecular flexibility index (Phi) is 7.65. The highest BCUT2D eigenvalue weighted by molar-refractivity contribution is 5.80. The molecule has 2 aromatic heterocycles. The van der Waals surface area contributed by atoms with Gasteiger partial charge in [0.1, 0.15) is 11.1 Å². The predicted octanol–water partition coefficient (Wildman–Crippen LogP) is 4.79. The number of nitrogens with one attached hydrogen (secondary N) is 2. The third-order valence-electron chi connectivity index (χ3n) is 6.13. The summed E-state index contributed by atoms with van der Waals surface area (Å²) in [5.41, 5.74) is -6.55. The quantitative estimate of drug-likeness (QED) is 0.193. The van der Waals surface area contributed by atoms with Gasteiger partial charge in [-0.3, -0.25) is 0 Å². The maximum Gasteiger partial charge on any atom is 0.210 e. The van der Waals surface area contributed by atoms with E-state index in [2.05, 4.69) is 30.8 Å². The van der Waals surface area contributed by atoms with Gasteiger partial charge >= 0.3 is 0 Å². The van der Waals surface area contributed by atoms with Gasteiger partial charge in [-0.2, -0.15) is 10.4 Å². The second-order valence-corrected chi connectivity index (χ2v) is 8.52. The highest BCUT2D eigenvalue weighted by Gasteiger charge is 2.33. The average molecular weight is 598 g/mol. The van der Waals surface area contributed by atoms with E-state index in [1.807, 2.05) is 10.4 Å². The fraction of sp³-hybridized carbons (Fsp3) is 0.167. The van der Waals surface area contributed by atoms with Crippen molar-refractivity contribution >= 4 is 0 Å². The molecule has 218 valence electrons. The molecule has 10 nitrogen and oxygen atoms in total. The van der Waals surface area contributed by atoms with Gasteiger partial charge in [0.2, 0.25) is 11.6 Å². The molecule has 0 spiro atoms. The first kappa shape index (κ1) is 28.7. The second kappa shape index (κ2) is 11.2. The smallest absolute Gasteiger partial charge is 0.210 e. The number of tetrazole rings is 2. The molecule has 0 atom stereocenters. The maximum atomic E-state index is 15.4. The lowest BCUT2D eigenvalue weighted by Gasteiger charge is -2.19. The van der Waals surface area contributed by atoms with Crippen molar-refractivity contribution in [1.29, 1.82) is 0 Å². The molecule has 0 saturated carbocycles. The van der Waals surface area contributed by atoms with Crippen molar-refractivity contribution in [3.05, 3.63) is 69.8 Å². The number of aromatic nitrogens is 8. The Morgan fingerprint density at radius 3 is 1.10 bits per heavy atom. The SMILES string of the molecule is COCc1cc(-c2c(F)c(F)c(-c3nn[nH]n3)c(F)c2F)c(COC)cc1-c1c(F)c(F)c(-c2nn[nH]n2)c(F)c1F. The summed E-state index contributed by atoms with van der Waals surface area (Å²) in [6.07, 6.45) is 0. The van der Waals surface area contributed by atoms with Crippen molar-refractivity contribution in [2.75, 3.05) is 14.2 Å². The number of hydrogen-bond acceptors (Lipinski definition) is 8. The van der Waals surface area contributed by atoms with Crippen LogP contribution >= 0.6 is 0 Å². The number of halogens is 8. The topological polar surface area (TPSA) is 127 Å². The number of rotatable bonds is 8. The van der Waals surface area contributed by atoms with Crippen LogP contribution in [0.2, 0.25) is 0 Å². The minimum absolute atomic E-state index is 0.280. The molecule has 0 aliphatic rings. The van der Waals surface area contributed by atoms with E-state index in [9.17, 15) is 0 Å². The van der Waals surface area contributed by atoms with Gasteiger partial charge in [-0.1, -0.05) is 0 Å². The van der Waals surface area contributed by atoms with E-state index in [4.69, 9.17) is 9.47 Å². The molecule has 0 unspecified atom stereocenters. The van der Waals surface area contributed by atoms with Crippen molar-refractivity contribution in [2.24, 2.45) is 0 Å². The van der Waals surface area contributed by atoms with Crippen molar-refractivity contribution in [2.45, 2.75) is 13.2 Å². The van der Waals surface area contributed by atoms with Crippen molar-refractivity contribution < 1.29 is 44.6 Å². The summed E-state index contributed by atoms with van der Waals surface area (Å²) in [7, 11) is 2.28. The van der Waals surface area contributed by atoms with Gasteiger partial charge < -0.3 is 9.47 Å². The summed E-state index contributed by atoms with van der Waals surface area (Å²) in [5, 5.41) is 23.3. The molecule has 0 aliphatic heterocycles. The molecule has 0 amide bonds. The number of hydrogen-bond donors (Lipinski definition) is 2. The first-order valence-corrected chi connectivity index (χ1v) is 11.5. The Morgan fingerprint density at radius 1 is 0.524 bits per heavy atom. The van der Waals surface area contributed by atoms with E-state index >= 15 is 35.1 Å². The van der Waals surface area contributed by atoms with Crippen LogP contribution in [0.15, 0.2) is 12.1 Å². The van der Waals surface area contributed by atoms with Crippen LogP contribution in [-0.2, 0) is 22.7 Å². The molecule has 0 bridgehead atoms. The van der Waals surface area contributed by atoms with Gasteiger partial charge in [0.25, 0.3) is 0 Å². The van der Waals surface area contributed by atoms with E-state index in [1.165, 1.54) is 0 Å². The Bertz CT molecular complexity index is 1610. The summed E-state index contributed by atoms with van der Waals surface area (Å²) in [4.78, 5) is 0. The number of ether oxygens (including phenoxy) is 2. The predicted molar refractivity (Wildman–Crippen MR) is 125 cm³/mol. The lowest BCUT2D eigenvalue weighted by molar-refractivity contribution is 0.183. The molecule has 2 heterocycles. The Labute approximate surface area is 228 Å². The normalized spacial score (nSPS) is 11.5. The summed E-state index contributed by atoms with van der Waals surface area (Å²) in [5.74, 6) is -16.5. The molecule has 2 N–H and O–H groups in total. The van der Waals surface area contributed by atoms with E-state index in [0.29, 0.717) is 0 Å². The zero-order chi connectivity index (χ0) is 30.3. The van der Waals surface area contributed by atoms with Crippen LogP contribution < -0.4 is 0 Å². The van der Waals surface area contributed by atoms with Gasteiger partial charge in [0.15, 0.2) is 46.5 Å². The molecule has 3 aromatic carbocycles. The van der Waals surface area contributed by atoms with Crippen LogP contribution in [-0.4, -0.2) is 55.5 Å². The zero-order valence-electron chi connectivity index (χ0n) is 21.1. The van der Waals surface area contributed by atoms with Crippen molar-refractivity contribution in [1.82, 2.24) is 41.2 Å². The minimum atomic E-state index is -1.87. The second-order valence-electron chi connectivity index (χ2n) is 8.52. The highest BCUT2D eigenvalue weighted by atomic mass is 19.2. The number of aromatic amines is 2. The molecular formula is C24H14F8N8O2. The van der Waals surface area contributed by atoms with Crippen LogP contribution in [0.25, 0.3) is 45.0 Å². The van der Waals surface area contributed by atoms with Crippen LogP contribution in [0.3, 0.4) is 0 Å². The first-order valence-electron chi connectivity index (χ1n) is 11.5. The summed E-state index contributed by atoms with van der Waals surface area (Å²) >= 11 is 0. The lowest BCUT2D eigenvalue weighted by atomic mass is 9.89. The number of benzene rings is 3. The van der Waals surface area contributed by atoms with Gasteiger partial charge in [-0.15, -0.1) is 20.4 Å². The van der Waals surface area contributed by atoms with Gasteiger partial charge in [0, 0.05) is 14.2 Å². The molecule has 0 fully saturated rings. The molecule has 42 heavy (non-hydrogen) atoms. The molecule has 5 aromatic rings. The zero-order valence-corrected chi connectivity index (χ0v) is 21.1. The van der Waals surface area contributed by atoms with Gasteiger partial charge in [0.05, 0.1) is 24.3 Å². The minimum Gasteiger partial charge on any atom is -0.380 e. The standard InChI is InChI=1S/C24H14F8N8O2/c1-41-5-7-3-10(12-17(27)21(31)14(22(32)18(12)28)24-35-39-40-36-24)8(6-42-2)4-9(7)11-15(25)19(29)13(20(30)16(11)26)23-33-37-38-34-23/h3-4H,5-6H2,1-2H3,(H,33,34,37,38)(H,35,36,39,40). The molecular weight excluding hydrogens is 584 g/mol. The maximum absolute atomic E-state index is 15.4. The molecule has 18 heteroatoms. The third kappa shape index (κ3) is 4.53. The van der Waals surface area contributed by atoms with Gasteiger partial charge in [-0.05, 0) is 44.8 Å². The van der Waals surface area contributed by atoms with Crippen molar-refractivity contribution in [3.8, 4) is 45.0 Å². The van der Waals surface area contributed by atoms with E-state index in [1.54, 1.807) is 0 Å². The summed E-state index contributed by atoms with van der Waals surface area (Å²) in [6, 6.07) is 1.78. The molecule has 0 radical (unpaired) electrons. The Hall–Kier alpha value is -4.84. The van der Waals surface area contributed by atoms with Crippen LogP contribution in [0.1, 0.15) is 11.1 Å². The van der Waals surface area contributed by atoms with Gasteiger partial charge in [-0.25, -0.2) is 35.1 Å². The summed E-state index contributed by atoms with van der Waals surface area (Å²) in [6.45, 7) is -1.08. The number of methoxy groups -OCH3 is 2. The monoisotopic (exact) mass is 598 g/mol. The van der Waals surface area contributed by atoms with E-state index < -0.39 is 105 Å². The van der Waals surface area contributed by atoms with E-state index in [-0.39, 0.29) is 11.1 Å². The number of H-pyrrole nitrogens is 2. The van der Waals surface area contributed by atoms with Crippen LogP contribution in [0, 0.1) is 46.5 Å². The fourth-order valence-electron chi connectivity index (χ4n) is 4.37. The van der Waals surface area contributed by atoms with Crippen molar-refractivity contribution in [3.63, 3.8) is 0 Å². The molecule has 5 rings (SSSR count). The van der Waals surface area contributed by atoms with Crippen LogP contribution in [0.5, 0.6) is 0 Å². The third-order valence-corrected chi connectivity index (χ3v) is 6.13. The van der Waals surface area contributed by atoms with Crippen LogP contribution in [0.4, 0.5) is 35.1 Å². The molecule has 0 saturated heterocycles. The highest BCUT2D eigenvalue weighted by Crippen LogP contribution is 2.42. The van der Waals surface area contributed by atoms with E-state index in [0.717, 1.165) is 26.4 Å². The number of nitrogens with zero attached hydrogens (tertiary/aromatic N) is 6. The Balaban J connectivity index is 1.80. The largest absolute Gasteiger partial charge is 0.380 e. The lowest BCUT2D eigenvalue weighted by Crippen LogP contribution is -2.09. The summed E-state index contributed by atoms with van der Waals surface area (Å²) < 4.78 is 132.